The Balaban J connectivity index is 1.47. The van der Waals surface area contributed by atoms with E-state index in [1.54, 1.807) is 6.20 Å². The normalized spacial score (nSPS) is 15.0. The fraction of sp³-hybridized carbons (Fsp3) is 0.278. The molecule has 0 atom stereocenters. The largest absolute Gasteiger partial charge is 0.367 e. The average molecular weight is 321 g/mol. The Kier molecular flexibility index (Phi) is 3.65. The Morgan fingerprint density at radius 2 is 2.00 bits per heavy atom. The number of nitrogens with zero attached hydrogens (tertiary/aromatic N) is 5. The second-order valence-corrected chi connectivity index (χ2v) is 6.09. The van der Waals surface area contributed by atoms with Crippen LogP contribution >= 0.6 is 0 Å². The van der Waals surface area contributed by atoms with Crippen LogP contribution in [0.3, 0.4) is 0 Å². The molecule has 0 radical (unpaired) electrons. The van der Waals surface area contributed by atoms with Gasteiger partial charge in [-0.2, -0.15) is 0 Å². The number of aryl methyl sites for hydroxylation is 1. The van der Waals surface area contributed by atoms with Crippen molar-refractivity contribution >= 4 is 17.2 Å². The molecule has 0 spiro atoms. The van der Waals surface area contributed by atoms with E-state index in [0.29, 0.717) is 18.8 Å². The topological polar surface area (TPSA) is 53.7 Å². The van der Waals surface area contributed by atoms with Crippen LogP contribution in [0.25, 0.3) is 5.65 Å². The maximum absolute atomic E-state index is 12.7. The van der Waals surface area contributed by atoms with E-state index in [0.717, 1.165) is 30.0 Å². The lowest BCUT2D eigenvalue weighted by Crippen LogP contribution is -2.48. The molecular formula is C18H19N5O. The Hall–Kier alpha value is -2.89. The summed E-state index contributed by atoms with van der Waals surface area (Å²) in [7, 11) is 0. The van der Waals surface area contributed by atoms with Gasteiger partial charge in [-0.3, -0.25) is 9.78 Å². The molecule has 0 aliphatic carbocycles. The van der Waals surface area contributed by atoms with E-state index in [9.17, 15) is 4.79 Å². The highest BCUT2D eigenvalue weighted by Crippen LogP contribution is 2.16. The van der Waals surface area contributed by atoms with E-state index in [4.69, 9.17) is 0 Å². The quantitative estimate of drug-likeness (QED) is 0.724. The number of piperazine rings is 1. The zero-order valence-corrected chi connectivity index (χ0v) is 13.6. The van der Waals surface area contributed by atoms with Crippen molar-refractivity contribution < 1.29 is 4.79 Å². The van der Waals surface area contributed by atoms with Gasteiger partial charge in [0, 0.05) is 44.8 Å². The van der Waals surface area contributed by atoms with E-state index < -0.39 is 0 Å². The minimum atomic E-state index is 0.00203. The number of anilines is 1. The average Bonchev–Trinajstić information content (AvgIpc) is 3.05. The number of hydrogen-bond donors (Lipinski definition) is 0. The van der Waals surface area contributed by atoms with Crippen molar-refractivity contribution in [1.82, 2.24) is 19.3 Å². The van der Waals surface area contributed by atoms with Crippen molar-refractivity contribution in [1.29, 1.82) is 0 Å². The van der Waals surface area contributed by atoms with Gasteiger partial charge in [-0.05, 0) is 36.8 Å². The SMILES string of the molecule is Cc1ccn2cc(C(=O)N3CCN(c4cccnc4)CC3)nc2c1. The Bertz CT molecular complexity index is 866. The number of aromatic nitrogens is 3. The van der Waals surface area contributed by atoms with Crippen molar-refractivity contribution in [3.8, 4) is 0 Å². The summed E-state index contributed by atoms with van der Waals surface area (Å²) < 4.78 is 1.89. The highest BCUT2D eigenvalue weighted by molar-refractivity contribution is 5.93. The highest BCUT2D eigenvalue weighted by atomic mass is 16.2. The van der Waals surface area contributed by atoms with Gasteiger partial charge in [0.15, 0.2) is 0 Å². The summed E-state index contributed by atoms with van der Waals surface area (Å²) in [6, 6.07) is 7.98. The molecule has 0 N–H and O–H groups in total. The molecule has 6 heteroatoms. The summed E-state index contributed by atoms with van der Waals surface area (Å²) in [4.78, 5) is 25.5. The van der Waals surface area contributed by atoms with Crippen molar-refractivity contribution in [3.63, 3.8) is 0 Å². The van der Waals surface area contributed by atoms with Crippen LogP contribution in [-0.4, -0.2) is 51.4 Å². The third kappa shape index (κ3) is 2.71. The Morgan fingerprint density at radius 1 is 1.17 bits per heavy atom. The van der Waals surface area contributed by atoms with E-state index in [-0.39, 0.29) is 5.91 Å². The first-order chi connectivity index (χ1) is 11.7. The van der Waals surface area contributed by atoms with Gasteiger partial charge in [-0.25, -0.2) is 4.98 Å². The van der Waals surface area contributed by atoms with Gasteiger partial charge in [0.1, 0.15) is 11.3 Å². The van der Waals surface area contributed by atoms with Gasteiger partial charge in [-0.1, -0.05) is 0 Å². The standard InChI is InChI=1S/C18H19N5O/c1-14-4-6-23-13-16(20-17(23)11-14)18(24)22-9-7-21(8-10-22)15-3-2-5-19-12-15/h2-6,11-13H,7-10H2,1H3. The van der Waals surface area contributed by atoms with Gasteiger partial charge >= 0.3 is 0 Å². The lowest BCUT2D eigenvalue weighted by atomic mass is 10.2. The number of amides is 1. The summed E-state index contributed by atoms with van der Waals surface area (Å²) in [5.74, 6) is 0.00203. The van der Waals surface area contributed by atoms with Crippen molar-refractivity contribution in [2.75, 3.05) is 31.1 Å². The van der Waals surface area contributed by atoms with Crippen LogP contribution < -0.4 is 4.90 Å². The second kappa shape index (κ2) is 5.96. The molecule has 1 fully saturated rings. The van der Waals surface area contributed by atoms with E-state index in [1.807, 2.05) is 53.0 Å². The van der Waals surface area contributed by atoms with Crippen LogP contribution in [-0.2, 0) is 0 Å². The summed E-state index contributed by atoms with van der Waals surface area (Å²) in [6.45, 7) is 5.03. The lowest BCUT2D eigenvalue weighted by molar-refractivity contribution is 0.0741. The first kappa shape index (κ1) is 14.7. The number of carbonyl (C=O) groups is 1. The molecule has 3 aromatic heterocycles. The predicted molar refractivity (Wildman–Crippen MR) is 92.3 cm³/mol. The molecule has 1 saturated heterocycles. The van der Waals surface area contributed by atoms with Crippen molar-refractivity contribution in [2.24, 2.45) is 0 Å². The molecule has 1 amide bonds. The minimum absolute atomic E-state index is 0.00203. The first-order valence-corrected chi connectivity index (χ1v) is 8.10. The Morgan fingerprint density at radius 3 is 2.75 bits per heavy atom. The summed E-state index contributed by atoms with van der Waals surface area (Å²) >= 11 is 0. The van der Waals surface area contributed by atoms with Crippen LogP contribution in [0, 0.1) is 6.92 Å². The molecule has 0 unspecified atom stereocenters. The molecule has 1 aliphatic heterocycles. The van der Waals surface area contributed by atoms with Gasteiger partial charge in [0.05, 0.1) is 11.9 Å². The monoisotopic (exact) mass is 321 g/mol. The number of pyridine rings is 2. The third-order valence-electron chi connectivity index (χ3n) is 4.41. The molecule has 0 bridgehead atoms. The molecule has 0 aromatic carbocycles. The second-order valence-electron chi connectivity index (χ2n) is 6.09. The Labute approximate surface area is 140 Å². The lowest BCUT2D eigenvalue weighted by Gasteiger charge is -2.35. The van der Waals surface area contributed by atoms with E-state index in [1.165, 1.54) is 0 Å². The zero-order chi connectivity index (χ0) is 16.5. The molecule has 0 saturated carbocycles. The smallest absolute Gasteiger partial charge is 0.274 e. The number of carbonyl (C=O) groups excluding carboxylic acids is 1. The molecule has 6 nitrogen and oxygen atoms in total. The van der Waals surface area contributed by atoms with Crippen LogP contribution in [0.2, 0.25) is 0 Å². The van der Waals surface area contributed by atoms with Gasteiger partial charge in [-0.15, -0.1) is 0 Å². The molecule has 122 valence electrons. The molecular weight excluding hydrogens is 302 g/mol. The first-order valence-electron chi connectivity index (χ1n) is 8.10. The number of fused-ring (bicyclic) bond motifs is 1. The maximum Gasteiger partial charge on any atom is 0.274 e. The molecule has 3 aromatic rings. The van der Waals surface area contributed by atoms with Crippen LogP contribution in [0.1, 0.15) is 16.1 Å². The van der Waals surface area contributed by atoms with Crippen LogP contribution in [0.15, 0.2) is 49.1 Å². The molecule has 24 heavy (non-hydrogen) atoms. The van der Waals surface area contributed by atoms with E-state index >= 15 is 0 Å². The van der Waals surface area contributed by atoms with Gasteiger partial charge < -0.3 is 14.2 Å². The fourth-order valence-corrected chi connectivity index (χ4v) is 3.06. The number of rotatable bonds is 2. The minimum Gasteiger partial charge on any atom is -0.367 e. The van der Waals surface area contributed by atoms with Crippen LogP contribution in [0.5, 0.6) is 0 Å². The molecule has 4 rings (SSSR count). The summed E-state index contributed by atoms with van der Waals surface area (Å²) in [5, 5.41) is 0. The van der Waals surface area contributed by atoms with Gasteiger partial charge in [0.2, 0.25) is 0 Å². The van der Waals surface area contributed by atoms with Gasteiger partial charge in [0.25, 0.3) is 5.91 Å². The van der Waals surface area contributed by atoms with Crippen LogP contribution in [0.4, 0.5) is 5.69 Å². The zero-order valence-electron chi connectivity index (χ0n) is 13.6. The summed E-state index contributed by atoms with van der Waals surface area (Å²) in [6.07, 6.45) is 7.38. The highest BCUT2D eigenvalue weighted by Gasteiger charge is 2.24. The van der Waals surface area contributed by atoms with Crippen molar-refractivity contribution in [2.45, 2.75) is 6.92 Å². The molecule has 4 heterocycles. The number of imidazole rings is 1. The third-order valence-corrected chi connectivity index (χ3v) is 4.41. The fourth-order valence-electron chi connectivity index (χ4n) is 3.06. The summed E-state index contributed by atoms with van der Waals surface area (Å²) in [5.41, 5.74) is 3.56. The number of hydrogen-bond acceptors (Lipinski definition) is 4. The maximum atomic E-state index is 12.7. The predicted octanol–water partition coefficient (Wildman–Crippen LogP) is 2.00. The molecule has 1 aliphatic rings. The van der Waals surface area contributed by atoms with Crippen molar-refractivity contribution in [3.05, 3.63) is 60.3 Å². The van der Waals surface area contributed by atoms with E-state index in [2.05, 4.69) is 20.9 Å².